The maximum Gasteiger partial charge on any atom is 0.0614 e. The van der Waals surface area contributed by atoms with Crippen LogP contribution in [0.2, 0.25) is 0 Å². The molecule has 1 heterocycles. The van der Waals surface area contributed by atoms with Crippen LogP contribution < -0.4 is 0 Å². The van der Waals surface area contributed by atoms with E-state index < -0.39 is 0 Å². The molecule has 62 valence electrons. The minimum Gasteiger partial charge on any atom is -0.285 e. The molecular weight excluding hydrogens is 134 g/mol. The summed E-state index contributed by atoms with van der Waals surface area (Å²) in [5.41, 5.74) is 4.41. The zero-order chi connectivity index (χ0) is 8.65. The van der Waals surface area contributed by atoms with Gasteiger partial charge in [0.2, 0.25) is 0 Å². The van der Waals surface area contributed by atoms with Gasteiger partial charge in [-0.15, -0.1) is 0 Å². The molecule has 0 saturated carbocycles. The maximum absolute atomic E-state index is 4.41. The smallest absolute Gasteiger partial charge is 0.0614 e. The third-order valence-electron chi connectivity index (χ3n) is 2.38. The Morgan fingerprint density at radius 2 is 1.73 bits per heavy atom. The van der Waals surface area contributed by atoms with Gasteiger partial charge >= 0.3 is 0 Å². The lowest BCUT2D eigenvalue weighted by atomic mass is 9.84. The van der Waals surface area contributed by atoms with Crippen molar-refractivity contribution >= 4 is 5.71 Å². The molecule has 11 heavy (non-hydrogen) atoms. The zero-order valence-electron chi connectivity index (χ0n) is 8.15. The van der Waals surface area contributed by atoms with Gasteiger partial charge in [-0.2, -0.15) is 0 Å². The number of allylic oxidation sites excluding steroid dienone is 1. The molecule has 0 bridgehead atoms. The number of hydrogen-bond acceptors (Lipinski definition) is 1. The Balaban J connectivity index is 2.95. The molecule has 0 aromatic carbocycles. The van der Waals surface area contributed by atoms with E-state index in [9.17, 15) is 0 Å². The molecule has 0 radical (unpaired) electrons. The Morgan fingerprint density at radius 1 is 1.18 bits per heavy atom. The molecule has 0 amide bonds. The second-order valence-electron chi connectivity index (χ2n) is 4.26. The molecule has 1 nitrogen and oxygen atoms in total. The average molecular weight is 151 g/mol. The third-order valence-corrected chi connectivity index (χ3v) is 2.38. The van der Waals surface area contributed by atoms with Crippen LogP contribution in [0.1, 0.15) is 34.6 Å². The van der Waals surface area contributed by atoms with Crippen molar-refractivity contribution in [2.75, 3.05) is 6.54 Å². The van der Waals surface area contributed by atoms with Crippen molar-refractivity contribution in [1.82, 2.24) is 0 Å². The lowest BCUT2D eigenvalue weighted by molar-refractivity contribution is 0.496. The Labute approximate surface area is 69.2 Å². The molecule has 0 N–H and O–H groups in total. The van der Waals surface area contributed by atoms with E-state index >= 15 is 0 Å². The fourth-order valence-corrected chi connectivity index (χ4v) is 1.45. The normalized spacial score (nSPS) is 19.2. The average Bonchev–Trinajstić information content (AvgIpc) is 2.11. The summed E-state index contributed by atoms with van der Waals surface area (Å²) in [6.45, 7) is 11.9. The highest BCUT2D eigenvalue weighted by Gasteiger charge is 2.23. The second-order valence-corrected chi connectivity index (χ2v) is 4.26. The van der Waals surface area contributed by atoms with Gasteiger partial charge in [-0.25, -0.2) is 0 Å². The largest absolute Gasteiger partial charge is 0.285 e. The highest BCUT2D eigenvalue weighted by atomic mass is 14.8. The molecule has 0 atom stereocenters. The highest BCUT2D eigenvalue weighted by Crippen LogP contribution is 2.31. The van der Waals surface area contributed by atoms with Gasteiger partial charge in [0.15, 0.2) is 0 Å². The van der Waals surface area contributed by atoms with Crippen LogP contribution in [0.5, 0.6) is 0 Å². The molecule has 0 aromatic rings. The number of aliphatic imine (C=N–C) groups is 1. The van der Waals surface area contributed by atoms with Crippen LogP contribution in [0, 0.1) is 5.41 Å². The molecular formula is C10H17N. The summed E-state index contributed by atoms with van der Waals surface area (Å²) in [5, 5.41) is 0. The summed E-state index contributed by atoms with van der Waals surface area (Å²) in [6, 6.07) is 0. The van der Waals surface area contributed by atoms with Crippen molar-refractivity contribution in [3.63, 3.8) is 0 Å². The predicted octanol–water partition coefficient (Wildman–Crippen LogP) is 2.82. The minimum absolute atomic E-state index is 0.297. The van der Waals surface area contributed by atoms with E-state index in [1.807, 2.05) is 0 Å². The Morgan fingerprint density at radius 3 is 1.91 bits per heavy atom. The third kappa shape index (κ3) is 1.52. The second kappa shape index (κ2) is 2.47. The summed E-state index contributed by atoms with van der Waals surface area (Å²) >= 11 is 0. The van der Waals surface area contributed by atoms with Crippen LogP contribution in [-0.4, -0.2) is 12.3 Å². The first-order chi connectivity index (χ1) is 4.93. The van der Waals surface area contributed by atoms with E-state index in [0.29, 0.717) is 5.41 Å². The van der Waals surface area contributed by atoms with Crippen LogP contribution in [0.25, 0.3) is 0 Å². The summed E-state index contributed by atoms with van der Waals surface area (Å²) in [5.74, 6) is 0. The zero-order valence-corrected chi connectivity index (χ0v) is 8.15. The molecule has 1 aliphatic heterocycles. The molecule has 0 spiro atoms. The van der Waals surface area contributed by atoms with Crippen molar-refractivity contribution in [2.45, 2.75) is 34.6 Å². The SMILES string of the molecule is CC1=NCC(C(C)(C)C)=C1C. The van der Waals surface area contributed by atoms with Gasteiger partial charge in [0.25, 0.3) is 0 Å². The summed E-state index contributed by atoms with van der Waals surface area (Å²) in [6.07, 6.45) is 0. The van der Waals surface area contributed by atoms with Crippen molar-refractivity contribution in [2.24, 2.45) is 10.4 Å². The van der Waals surface area contributed by atoms with Crippen LogP contribution in [-0.2, 0) is 0 Å². The van der Waals surface area contributed by atoms with E-state index in [1.54, 1.807) is 0 Å². The highest BCUT2D eigenvalue weighted by molar-refractivity contribution is 6.00. The fraction of sp³-hybridized carbons (Fsp3) is 0.700. The van der Waals surface area contributed by atoms with Crippen LogP contribution in [0.3, 0.4) is 0 Å². The van der Waals surface area contributed by atoms with Crippen molar-refractivity contribution in [1.29, 1.82) is 0 Å². The molecule has 0 aromatic heterocycles. The molecule has 0 saturated heterocycles. The summed E-state index contributed by atoms with van der Waals surface area (Å²) in [4.78, 5) is 4.41. The lowest BCUT2D eigenvalue weighted by Crippen LogP contribution is -2.12. The maximum atomic E-state index is 4.41. The lowest BCUT2D eigenvalue weighted by Gasteiger charge is -2.20. The molecule has 1 heteroatoms. The quantitative estimate of drug-likeness (QED) is 0.505. The first-order valence-electron chi connectivity index (χ1n) is 4.14. The van der Waals surface area contributed by atoms with Crippen LogP contribution in [0.15, 0.2) is 16.1 Å². The number of hydrogen-bond donors (Lipinski definition) is 0. The Kier molecular flexibility index (Phi) is 1.91. The molecule has 0 fully saturated rings. The predicted molar refractivity (Wildman–Crippen MR) is 50.1 cm³/mol. The first-order valence-corrected chi connectivity index (χ1v) is 4.14. The van der Waals surface area contributed by atoms with Gasteiger partial charge in [0.1, 0.15) is 0 Å². The fourth-order valence-electron chi connectivity index (χ4n) is 1.45. The molecule has 0 unspecified atom stereocenters. The van der Waals surface area contributed by atoms with Gasteiger partial charge in [0, 0.05) is 5.71 Å². The summed E-state index contributed by atoms with van der Waals surface area (Å²) in [7, 11) is 0. The minimum atomic E-state index is 0.297. The van der Waals surface area contributed by atoms with Gasteiger partial charge in [-0.1, -0.05) is 20.8 Å². The van der Waals surface area contributed by atoms with Crippen molar-refractivity contribution < 1.29 is 0 Å². The van der Waals surface area contributed by atoms with Crippen molar-refractivity contribution in [3.05, 3.63) is 11.1 Å². The van der Waals surface area contributed by atoms with Crippen LogP contribution >= 0.6 is 0 Å². The molecule has 0 aliphatic carbocycles. The van der Waals surface area contributed by atoms with Gasteiger partial charge < -0.3 is 0 Å². The monoisotopic (exact) mass is 151 g/mol. The van der Waals surface area contributed by atoms with E-state index in [0.717, 1.165) is 6.54 Å². The Bertz CT molecular complexity index is 226. The topological polar surface area (TPSA) is 12.4 Å². The van der Waals surface area contributed by atoms with Crippen molar-refractivity contribution in [3.8, 4) is 0 Å². The Hall–Kier alpha value is -0.590. The molecule has 1 aliphatic rings. The van der Waals surface area contributed by atoms with E-state index in [4.69, 9.17) is 0 Å². The number of rotatable bonds is 0. The van der Waals surface area contributed by atoms with E-state index in [-0.39, 0.29) is 0 Å². The van der Waals surface area contributed by atoms with Crippen LogP contribution in [0.4, 0.5) is 0 Å². The first kappa shape index (κ1) is 8.51. The van der Waals surface area contributed by atoms with Gasteiger partial charge in [-0.05, 0) is 30.4 Å². The molecule has 1 rings (SSSR count). The van der Waals surface area contributed by atoms with Gasteiger partial charge in [0.05, 0.1) is 6.54 Å². The van der Waals surface area contributed by atoms with E-state index in [2.05, 4.69) is 39.6 Å². The van der Waals surface area contributed by atoms with Gasteiger partial charge in [-0.3, -0.25) is 4.99 Å². The standard InChI is InChI=1S/C10H17N/c1-7-8(2)11-6-9(7)10(3,4)5/h6H2,1-5H3. The number of nitrogens with zero attached hydrogens (tertiary/aromatic N) is 1. The summed E-state index contributed by atoms with van der Waals surface area (Å²) < 4.78 is 0. The van der Waals surface area contributed by atoms with E-state index in [1.165, 1.54) is 16.9 Å².